The molecule has 7 unspecified atom stereocenters. The number of unbranched alkanes of at least 4 members (excludes halogenated alkanes) is 25. The van der Waals surface area contributed by atoms with Gasteiger partial charge in [-0.1, -0.05) is 174 Å². The van der Waals surface area contributed by atoms with Gasteiger partial charge in [0.05, 0.1) is 25.4 Å². The first-order chi connectivity index (χ1) is 25.8. The lowest BCUT2D eigenvalue weighted by Crippen LogP contribution is -2.60. The van der Waals surface area contributed by atoms with Gasteiger partial charge >= 0.3 is 0 Å². The van der Waals surface area contributed by atoms with Crippen LogP contribution in [-0.2, 0) is 14.3 Å². The first-order valence-electron chi connectivity index (χ1n) is 22.4. The number of hydrogen-bond acceptors (Lipinski definition) is 8. The molecule has 1 saturated heterocycles. The first kappa shape index (κ1) is 49.9. The molecule has 9 nitrogen and oxygen atoms in total. The summed E-state index contributed by atoms with van der Waals surface area (Å²) in [6, 6.07) is -0.718. The maximum atomic E-state index is 12.9. The molecule has 1 heterocycles. The molecule has 0 aromatic heterocycles. The molecule has 0 spiro atoms. The van der Waals surface area contributed by atoms with Gasteiger partial charge in [-0.2, -0.15) is 0 Å². The lowest BCUT2D eigenvalue weighted by Gasteiger charge is -2.40. The molecular formula is C44H85NO8. The van der Waals surface area contributed by atoms with Crippen LogP contribution < -0.4 is 5.32 Å². The SMILES string of the molecule is CCCCCCCCC/C=C\CCCCCCCC(=O)NC(COC1OC(CO)C(O)C(O)C1O)C(O)CCCCCCCCCCCCCCCC. The van der Waals surface area contributed by atoms with E-state index in [1.165, 1.54) is 128 Å². The van der Waals surface area contributed by atoms with Crippen molar-refractivity contribution in [1.82, 2.24) is 5.32 Å². The highest BCUT2D eigenvalue weighted by Gasteiger charge is 2.44. The quantitative estimate of drug-likeness (QED) is 0.0272. The lowest BCUT2D eigenvalue weighted by molar-refractivity contribution is -0.302. The minimum atomic E-state index is -1.55. The third-order valence-corrected chi connectivity index (χ3v) is 10.9. The predicted octanol–water partition coefficient (Wildman–Crippen LogP) is 8.95. The highest BCUT2D eigenvalue weighted by atomic mass is 16.7. The van der Waals surface area contributed by atoms with E-state index in [2.05, 4.69) is 31.3 Å². The Labute approximate surface area is 325 Å². The highest BCUT2D eigenvalue weighted by Crippen LogP contribution is 2.23. The average molecular weight is 756 g/mol. The van der Waals surface area contributed by atoms with Crippen LogP contribution in [0.15, 0.2) is 12.2 Å². The highest BCUT2D eigenvalue weighted by molar-refractivity contribution is 5.76. The van der Waals surface area contributed by atoms with Crippen LogP contribution in [0, 0.1) is 0 Å². The van der Waals surface area contributed by atoms with Crippen LogP contribution in [0.1, 0.15) is 206 Å². The maximum absolute atomic E-state index is 12.9. The Morgan fingerprint density at radius 1 is 0.623 bits per heavy atom. The van der Waals surface area contributed by atoms with Gasteiger partial charge in [0, 0.05) is 6.42 Å². The topological polar surface area (TPSA) is 149 Å². The van der Waals surface area contributed by atoms with Crippen LogP contribution in [0.5, 0.6) is 0 Å². The van der Waals surface area contributed by atoms with Crippen LogP contribution in [0.3, 0.4) is 0 Å². The molecule has 1 amide bonds. The fourth-order valence-electron chi connectivity index (χ4n) is 7.21. The van der Waals surface area contributed by atoms with Crippen LogP contribution in [0.25, 0.3) is 0 Å². The average Bonchev–Trinajstić information content (AvgIpc) is 3.16. The Morgan fingerprint density at radius 3 is 1.53 bits per heavy atom. The molecule has 0 aliphatic carbocycles. The van der Waals surface area contributed by atoms with Crippen molar-refractivity contribution >= 4 is 5.91 Å². The second kappa shape index (κ2) is 35.4. The van der Waals surface area contributed by atoms with E-state index in [1.54, 1.807) is 0 Å². The van der Waals surface area contributed by atoms with Gasteiger partial charge in [-0.3, -0.25) is 4.79 Å². The normalized spacial score (nSPS) is 21.7. The van der Waals surface area contributed by atoms with E-state index in [0.29, 0.717) is 12.8 Å². The van der Waals surface area contributed by atoms with Crippen LogP contribution in [-0.4, -0.2) is 87.5 Å². The summed E-state index contributed by atoms with van der Waals surface area (Å²) >= 11 is 0. The van der Waals surface area contributed by atoms with Crippen molar-refractivity contribution in [2.75, 3.05) is 13.2 Å². The van der Waals surface area contributed by atoms with Gasteiger partial charge in [0.15, 0.2) is 6.29 Å². The number of amides is 1. The molecule has 0 saturated carbocycles. The number of hydrogen-bond donors (Lipinski definition) is 6. The van der Waals surface area contributed by atoms with Gasteiger partial charge in [-0.15, -0.1) is 0 Å². The molecule has 1 aliphatic heterocycles. The number of aliphatic hydroxyl groups is 5. The van der Waals surface area contributed by atoms with Crippen molar-refractivity contribution in [2.45, 2.75) is 249 Å². The Bertz CT molecular complexity index is 842. The monoisotopic (exact) mass is 756 g/mol. The predicted molar refractivity (Wildman–Crippen MR) is 217 cm³/mol. The first-order valence-corrected chi connectivity index (χ1v) is 22.4. The zero-order chi connectivity index (χ0) is 38.8. The smallest absolute Gasteiger partial charge is 0.220 e. The second-order valence-electron chi connectivity index (χ2n) is 15.8. The largest absolute Gasteiger partial charge is 0.394 e. The van der Waals surface area contributed by atoms with Crippen molar-refractivity contribution in [3.63, 3.8) is 0 Å². The molecule has 0 radical (unpaired) electrons. The van der Waals surface area contributed by atoms with Crippen molar-refractivity contribution in [3.8, 4) is 0 Å². The number of aliphatic hydroxyl groups excluding tert-OH is 5. The standard InChI is InChI=1S/C44H85NO8/c1-3-5-7-9-11-13-15-17-19-20-22-24-26-28-30-32-34-40(48)45-37(36-52-44-43(51)42(50)41(49)39(35-46)53-44)38(47)33-31-29-27-25-23-21-18-16-14-12-10-8-6-4-2/h19-20,37-39,41-44,46-47,49-51H,3-18,21-36H2,1-2H3,(H,45,48)/b20-19-. The zero-order valence-electron chi connectivity index (χ0n) is 34.3. The van der Waals surface area contributed by atoms with E-state index >= 15 is 0 Å². The molecule has 9 heteroatoms. The van der Waals surface area contributed by atoms with Gasteiger partial charge in [0.25, 0.3) is 0 Å². The van der Waals surface area contributed by atoms with Gasteiger partial charge < -0.3 is 40.3 Å². The van der Waals surface area contributed by atoms with Gasteiger partial charge in [0.1, 0.15) is 24.4 Å². The van der Waals surface area contributed by atoms with Gasteiger partial charge in [-0.05, 0) is 38.5 Å². The number of carbonyl (C=O) groups excluding carboxylic acids is 1. The summed E-state index contributed by atoms with van der Waals surface area (Å²) in [5.41, 5.74) is 0. The molecule has 7 atom stereocenters. The Balaban J connectivity index is 2.35. The Hall–Kier alpha value is -1.07. The maximum Gasteiger partial charge on any atom is 0.220 e. The van der Waals surface area contributed by atoms with Crippen LogP contribution in [0.2, 0.25) is 0 Å². The second-order valence-corrected chi connectivity index (χ2v) is 15.8. The molecule has 1 aliphatic rings. The number of ether oxygens (including phenoxy) is 2. The number of carbonyl (C=O) groups is 1. The van der Waals surface area contributed by atoms with E-state index in [-0.39, 0.29) is 12.5 Å². The third-order valence-electron chi connectivity index (χ3n) is 10.9. The minimum Gasteiger partial charge on any atom is -0.394 e. The lowest BCUT2D eigenvalue weighted by atomic mass is 9.99. The third kappa shape index (κ3) is 26.4. The van der Waals surface area contributed by atoms with Crippen LogP contribution in [0.4, 0.5) is 0 Å². The number of allylic oxidation sites excluding steroid dienone is 2. The van der Waals surface area contributed by atoms with E-state index in [4.69, 9.17) is 9.47 Å². The van der Waals surface area contributed by atoms with E-state index in [1.807, 2.05) is 0 Å². The summed E-state index contributed by atoms with van der Waals surface area (Å²) in [5, 5.41) is 54.3. The summed E-state index contributed by atoms with van der Waals surface area (Å²) in [5.74, 6) is -0.152. The summed E-state index contributed by atoms with van der Waals surface area (Å²) in [6.45, 7) is 3.82. The summed E-state index contributed by atoms with van der Waals surface area (Å²) in [6.07, 6.45) is 32.1. The number of rotatable bonds is 37. The van der Waals surface area contributed by atoms with E-state index < -0.39 is 49.5 Å². The number of nitrogens with one attached hydrogen (secondary N) is 1. The molecule has 0 bridgehead atoms. The summed E-state index contributed by atoms with van der Waals surface area (Å²) in [4.78, 5) is 12.9. The molecule has 0 aromatic rings. The molecular weight excluding hydrogens is 670 g/mol. The van der Waals surface area contributed by atoms with E-state index in [0.717, 1.165) is 51.4 Å². The Kier molecular flexibility index (Phi) is 33.3. The molecule has 0 aromatic carbocycles. The van der Waals surface area contributed by atoms with Crippen molar-refractivity contribution < 1.29 is 39.8 Å². The van der Waals surface area contributed by atoms with Crippen molar-refractivity contribution in [3.05, 3.63) is 12.2 Å². The molecule has 53 heavy (non-hydrogen) atoms. The Morgan fingerprint density at radius 2 is 1.06 bits per heavy atom. The fourth-order valence-corrected chi connectivity index (χ4v) is 7.21. The zero-order valence-corrected chi connectivity index (χ0v) is 34.3. The molecule has 6 N–H and O–H groups in total. The van der Waals surface area contributed by atoms with Gasteiger partial charge in [0.2, 0.25) is 5.91 Å². The summed E-state index contributed by atoms with van der Waals surface area (Å²) in [7, 11) is 0. The molecule has 1 rings (SSSR count). The molecule has 1 fully saturated rings. The molecule has 314 valence electrons. The van der Waals surface area contributed by atoms with Crippen LogP contribution >= 0.6 is 0 Å². The van der Waals surface area contributed by atoms with E-state index in [9.17, 15) is 30.3 Å². The van der Waals surface area contributed by atoms with Gasteiger partial charge in [-0.25, -0.2) is 0 Å². The minimum absolute atomic E-state index is 0.138. The van der Waals surface area contributed by atoms with Crippen molar-refractivity contribution in [2.24, 2.45) is 0 Å². The summed E-state index contributed by atoms with van der Waals surface area (Å²) < 4.78 is 11.2. The fraction of sp³-hybridized carbons (Fsp3) is 0.932. The van der Waals surface area contributed by atoms with Crippen molar-refractivity contribution in [1.29, 1.82) is 0 Å².